The second-order valence-electron chi connectivity index (χ2n) is 4.47. The van der Waals surface area contributed by atoms with E-state index in [2.05, 4.69) is 4.74 Å². The van der Waals surface area contributed by atoms with E-state index in [1.54, 1.807) is 6.92 Å². The topological polar surface area (TPSA) is 69.4 Å². The zero-order valence-corrected chi connectivity index (χ0v) is 10.0. The largest absolute Gasteiger partial charge is 0.469 e. The average molecular weight is 215 g/mol. The Kier molecular flexibility index (Phi) is 5.50. The molecule has 0 aliphatic rings. The molecule has 0 bridgehead atoms. The van der Waals surface area contributed by atoms with Crippen molar-refractivity contribution >= 4 is 11.8 Å². The standard InChI is InChI=1S/C11H21NO3/c1-8(10(14)15-4)5-6-11(2,3)9(13)7-12/h8H,5-7,12H2,1-4H3. The normalized spacial score (nSPS) is 13.4. The van der Waals surface area contributed by atoms with Gasteiger partial charge in [-0.25, -0.2) is 0 Å². The van der Waals surface area contributed by atoms with Crippen molar-refractivity contribution in [3.05, 3.63) is 0 Å². The third-order valence-corrected chi connectivity index (χ3v) is 2.75. The Morgan fingerprint density at radius 1 is 1.40 bits per heavy atom. The summed E-state index contributed by atoms with van der Waals surface area (Å²) in [6.45, 7) is 5.56. The van der Waals surface area contributed by atoms with Gasteiger partial charge in [0.15, 0.2) is 5.78 Å². The van der Waals surface area contributed by atoms with Crippen LogP contribution in [0.3, 0.4) is 0 Å². The quantitative estimate of drug-likeness (QED) is 0.674. The van der Waals surface area contributed by atoms with Gasteiger partial charge in [0.1, 0.15) is 0 Å². The van der Waals surface area contributed by atoms with Gasteiger partial charge in [0, 0.05) is 5.41 Å². The number of rotatable bonds is 6. The van der Waals surface area contributed by atoms with E-state index in [-0.39, 0.29) is 24.2 Å². The molecule has 0 radical (unpaired) electrons. The molecule has 0 aromatic heterocycles. The molecule has 0 fully saturated rings. The van der Waals surface area contributed by atoms with Gasteiger partial charge in [0.25, 0.3) is 0 Å². The van der Waals surface area contributed by atoms with Gasteiger partial charge in [0.2, 0.25) is 0 Å². The van der Waals surface area contributed by atoms with Gasteiger partial charge in [0.05, 0.1) is 19.6 Å². The van der Waals surface area contributed by atoms with Crippen LogP contribution in [0.15, 0.2) is 0 Å². The van der Waals surface area contributed by atoms with Gasteiger partial charge in [-0.15, -0.1) is 0 Å². The molecule has 0 heterocycles. The highest BCUT2D eigenvalue weighted by atomic mass is 16.5. The third kappa shape index (κ3) is 4.42. The van der Waals surface area contributed by atoms with Crippen LogP contribution >= 0.6 is 0 Å². The molecule has 0 spiro atoms. The molecule has 1 atom stereocenters. The van der Waals surface area contributed by atoms with Crippen LogP contribution in [0.4, 0.5) is 0 Å². The summed E-state index contributed by atoms with van der Waals surface area (Å²) in [4.78, 5) is 22.6. The number of methoxy groups -OCH3 is 1. The summed E-state index contributed by atoms with van der Waals surface area (Å²) >= 11 is 0. The molecule has 1 unspecified atom stereocenters. The lowest BCUT2D eigenvalue weighted by Crippen LogP contribution is -2.31. The molecule has 88 valence electrons. The zero-order valence-electron chi connectivity index (χ0n) is 10.0. The second-order valence-corrected chi connectivity index (χ2v) is 4.47. The highest BCUT2D eigenvalue weighted by molar-refractivity contribution is 5.85. The fourth-order valence-corrected chi connectivity index (χ4v) is 1.31. The number of ketones is 1. The summed E-state index contributed by atoms with van der Waals surface area (Å²) in [5.74, 6) is -0.370. The van der Waals surface area contributed by atoms with Crippen LogP contribution in [0.25, 0.3) is 0 Å². The van der Waals surface area contributed by atoms with E-state index in [9.17, 15) is 9.59 Å². The fraction of sp³-hybridized carbons (Fsp3) is 0.818. The molecule has 0 saturated heterocycles. The van der Waals surface area contributed by atoms with Crippen molar-refractivity contribution in [1.29, 1.82) is 0 Å². The molecule has 0 aromatic carbocycles. The van der Waals surface area contributed by atoms with Gasteiger partial charge < -0.3 is 10.5 Å². The minimum Gasteiger partial charge on any atom is -0.469 e. The smallest absolute Gasteiger partial charge is 0.308 e. The average Bonchev–Trinajstić information content (AvgIpc) is 2.23. The number of Topliss-reactive ketones (excluding diaryl/α,β-unsaturated/α-hetero) is 1. The van der Waals surface area contributed by atoms with E-state index in [0.29, 0.717) is 12.8 Å². The lowest BCUT2D eigenvalue weighted by atomic mass is 9.81. The highest BCUT2D eigenvalue weighted by Gasteiger charge is 2.27. The number of nitrogens with two attached hydrogens (primary N) is 1. The molecule has 0 rings (SSSR count). The van der Waals surface area contributed by atoms with Crippen molar-refractivity contribution in [1.82, 2.24) is 0 Å². The van der Waals surface area contributed by atoms with E-state index in [4.69, 9.17) is 5.73 Å². The van der Waals surface area contributed by atoms with Crippen LogP contribution in [0, 0.1) is 11.3 Å². The van der Waals surface area contributed by atoms with Crippen molar-refractivity contribution in [3.8, 4) is 0 Å². The Bertz CT molecular complexity index is 236. The Labute approximate surface area is 91.2 Å². The van der Waals surface area contributed by atoms with Crippen LogP contribution < -0.4 is 5.73 Å². The molecule has 0 aliphatic heterocycles. The summed E-state index contributed by atoms with van der Waals surface area (Å²) in [6, 6.07) is 0. The van der Waals surface area contributed by atoms with Gasteiger partial charge in [-0.1, -0.05) is 20.8 Å². The Balaban J connectivity index is 4.14. The van der Waals surface area contributed by atoms with Crippen molar-refractivity contribution in [2.24, 2.45) is 17.1 Å². The maximum atomic E-state index is 11.4. The maximum Gasteiger partial charge on any atom is 0.308 e. The lowest BCUT2D eigenvalue weighted by molar-refractivity contribution is -0.145. The molecule has 0 aliphatic carbocycles. The van der Waals surface area contributed by atoms with Crippen molar-refractivity contribution in [3.63, 3.8) is 0 Å². The van der Waals surface area contributed by atoms with Crippen molar-refractivity contribution < 1.29 is 14.3 Å². The summed E-state index contributed by atoms with van der Waals surface area (Å²) in [5, 5.41) is 0. The molecule has 4 nitrogen and oxygen atoms in total. The summed E-state index contributed by atoms with van der Waals surface area (Å²) in [6.07, 6.45) is 1.30. The number of carbonyl (C=O) groups excluding carboxylic acids is 2. The second kappa shape index (κ2) is 5.85. The zero-order chi connectivity index (χ0) is 12.1. The van der Waals surface area contributed by atoms with Crippen molar-refractivity contribution in [2.75, 3.05) is 13.7 Å². The predicted octanol–water partition coefficient (Wildman–Crippen LogP) is 1.13. The molecule has 0 aromatic rings. The first-order chi connectivity index (χ1) is 6.85. The number of hydrogen-bond acceptors (Lipinski definition) is 4. The van der Waals surface area contributed by atoms with Gasteiger partial charge in [-0.05, 0) is 12.8 Å². The first-order valence-electron chi connectivity index (χ1n) is 5.16. The monoisotopic (exact) mass is 215 g/mol. The van der Waals surface area contributed by atoms with Crippen LogP contribution in [0.5, 0.6) is 0 Å². The van der Waals surface area contributed by atoms with Crippen LogP contribution in [-0.4, -0.2) is 25.4 Å². The summed E-state index contributed by atoms with van der Waals surface area (Å²) in [7, 11) is 1.37. The predicted molar refractivity (Wildman–Crippen MR) is 58.3 cm³/mol. The number of esters is 1. The first kappa shape index (κ1) is 14.1. The van der Waals surface area contributed by atoms with Crippen molar-refractivity contribution in [2.45, 2.75) is 33.6 Å². The van der Waals surface area contributed by atoms with Gasteiger partial charge in [-0.2, -0.15) is 0 Å². The highest BCUT2D eigenvalue weighted by Crippen LogP contribution is 2.25. The van der Waals surface area contributed by atoms with Crippen LogP contribution in [0.2, 0.25) is 0 Å². The molecule has 0 amide bonds. The van der Waals surface area contributed by atoms with E-state index in [1.807, 2.05) is 13.8 Å². The number of ether oxygens (including phenoxy) is 1. The molecule has 2 N–H and O–H groups in total. The molecule has 15 heavy (non-hydrogen) atoms. The van der Waals surface area contributed by atoms with Crippen LogP contribution in [0.1, 0.15) is 33.6 Å². The summed E-state index contributed by atoms with van der Waals surface area (Å²) in [5.41, 5.74) is 4.86. The third-order valence-electron chi connectivity index (χ3n) is 2.75. The van der Waals surface area contributed by atoms with E-state index in [1.165, 1.54) is 7.11 Å². The minimum atomic E-state index is -0.447. The summed E-state index contributed by atoms with van der Waals surface area (Å²) < 4.78 is 4.62. The first-order valence-corrected chi connectivity index (χ1v) is 5.16. The van der Waals surface area contributed by atoms with E-state index < -0.39 is 5.41 Å². The molecule has 4 heteroatoms. The minimum absolute atomic E-state index is 0.0274. The number of carbonyl (C=O) groups is 2. The Morgan fingerprint density at radius 3 is 2.33 bits per heavy atom. The molecular formula is C11H21NO3. The number of hydrogen-bond donors (Lipinski definition) is 1. The SMILES string of the molecule is COC(=O)C(C)CCC(C)(C)C(=O)CN. The fourth-order valence-electron chi connectivity index (χ4n) is 1.31. The molecule has 0 saturated carbocycles. The Hall–Kier alpha value is -0.900. The Morgan fingerprint density at radius 2 is 1.93 bits per heavy atom. The van der Waals surface area contributed by atoms with Gasteiger partial charge >= 0.3 is 5.97 Å². The van der Waals surface area contributed by atoms with Crippen LogP contribution in [-0.2, 0) is 14.3 Å². The van der Waals surface area contributed by atoms with E-state index in [0.717, 1.165) is 0 Å². The van der Waals surface area contributed by atoms with Gasteiger partial charge in [-0.3, -0.25) is 9.59 Å². The maximum absolute atomic E-state index is 11.4. The molecular weight excluding hydrogens is 194 g/mol. The van der Waals surface area contributed by atoms with E-state index >= 15 is 0 Å². The lowest BCUT2D eigenvalue weighted by Gasteiger charge is -2.23.